The highest BCUT2D eigenvalue weighted by Crippen LogP contribution is 2.17. The van der Waals surface area contributed by atoms with Gasteiger partial charge >= 0.3 is 0 Å². The van der Waals surface area contributed by atoms with Crippen LogP contribution in [0.25, 0.3) is 11.4 Å². The van der Waals surface area contributed by atoms with Gasteiger partial charge in [-0.1, -0.05) is 6.07 Å². The molecule has 0 aliphatic rings. The third-order valence-electron chi connectivity index (χ3n) is 3.47. The summed E-state index contributed by atoms with van der Waals surface area (Å²) in [5.41, 5.74) is 2.29. The van der Waals surface area contributed by atoms with E-state index in [9.17, 15) is 13.6 Å². The van der Waals surface area contributed by atoms with Crippen LogP contribution in [0, 0.1) is 11.6 Å². The summed E-state index contributed by atoms with van der Waals surface area (Å²) in [6.07, 6.45) is 1.88. The Morgan fingerprint density at radius 2 is 2.09 bits per heavy atom. The topological polar surface area (TPSA) is 62.7 Å². The Morgan fingerprint density at radius 3 is 2.78 bits per heavy atom. The van der Waals surface area contributed by atoms with Crippen LogP contribution in [0.5, 0.6) is 0 Å². The van der Waals surface area contributed by atoms with Crippen molar-refractivity contribution in [3.8, 4) is 11.4 Å². The van der Waals surface area contributed by atoms with Crippen molar-refractivity contribution < 1.29 is 13.6 Å². The number of benzene rings is 1. The summed E-state index contributed by atoms with van der Waals surface area (Å²) in [6, 6.07) is 8.90. The number of aromatic amines is 1. The number of halogens is 2. The highest BCUT2D eigenvalue weighted by atomic mass is 19.2. The van der Waals surface area contributed by atoms with Crippen LogP contribution >= 0.6 is 0 Å². The molecule has 0 bridgehead atoms. The van der Waals surface area contributed by atoms with E-state index in [1.807, 2.05) is 29.9 Å². The molecule has 2 N–H and O–H groups in total. The molecule has 0 saturated carbocycles. The van der Waals surface area contributed by atoms with Crippen LogP contribution in [0.4, 0.5) is 8.78 Å². The van der Waals surface area contributed by atoms with E-state index in [0.29, 0.717) is 17.0 Å². The quantitative estimate of drug-likeness (QED) is 0.777. The number of aromatic nitrogens is 3. The van der Waals surface area contributed by atoms with Gasteiger partial charge < -0.3 is 9.88 Å². The number of carbonyl (C=O) groups excluding carboxylic acids is 1. The van der Waals surface area contributed by atoms with Gasteiger partial charge in [-0.2, -0.15) is 5.10 Å². The Kier molecular flexibility index (Phi) is 3.92. The summed E-state index contributed by atoms with van der Waals surface area (Å²) in [6.45, 7) is 0.0918. The van der Waals surface area contributed by atoms with Crippen molar-refractivity contribution in [3.63, 3.8) is 0 Å². The number of rotatable bonds is 4. The van der Waals surface area contributed by atoms with Crippen LogP contribution in [-0.4, -0.2) is 20.7 Å². The maximum Gasteiger partial charge on any atom is 0.269 e. The molecule has 0 aliphatic carbocycles. The maximum absolute atomic E-state index is 13.1. The van der Waals surface area contributed by atoms with Gasteiger partial charge in [-0.05, 0) is 35.9 Å². The van der Waals surface area contributed by atoms with Crippen LogP contribution in [-0.2, 0) is 13.6 Å². The van der Waals surface area contributed by atoms with Gasteiger partial charge in [0.25, 0.3) is 5.91 Å². The lowest BCUT2D eigenvalue weighted by molar-refractivity contribution is 0.0946. The standard InChI is InChI=1S/C16H14F2N4O/c1-22-6-2-3-15(22)13-8-14(21-20-13)16(23)19-9-10-4-5-11(17)12(18)7-10/h2-8H,9H2,1H3,(H,19,23)(H,20,21). The summed E-state index contributed by atoms with van der Waals surface area (Å²) >= 11 is 0. The smallest absolute Gasteiger partial charge is 0.269 e. The highest BCUT2D eigenvalue weighted by molar-refractivity contribution is 5.93. The number of aryl methyl sites for hydroxylation is 1. The number of amides is 1. The fourth-order valence-corrected chi connectivity index (χ4v) is 2.22. The number of nitrogens with zero attached hydrogens (tertiary/aromatic N) is 2. The van der Waals surface area contributed by atoms with Gasteiger partial charge in [-0.3, -0.25) is 9.89 Å². The second-order valence-corrected chi connectivity index (χ2v) is 5.10. The van der Waals surface area contributed by atoms with Crippen molar-refractivity contribution in [2.75, 3.05) is 0 Å². The van der Waals surface area contributed by atoms with Crippen molar-refractivity contribution in [1.29, 1.82) is 0 Å². The first-order valence-corrected chi connectivity index (χ1v) is 6.94. The molecule has 0 saturated heterocycles. The number of hydrogen-bond donors (Lipinski definition) is 2. The van der Waals surface area contributed by atoms with Gasteiger partial charge in [0.05, 0.1) is 5.69 Å². The number of hydrogen-bond acceptors (Lipinski definition) is 2. The van der Waals surface area contributed by atoms with E-state index in [4.69, 9.17) is 0 Å². The van der Waals surface area contributed by atoms with E-state index in [-0.39, 0.29) is 12.5 Å². The molecule has 0 unspecified atom stereocenters. The van der Waals surface area contributed by atoms with Gasteiger partial charge in [0, 0.05) is 19.8 Å². The average Bonchev–Trinajstić information content (AvgIpc) is 3.16. The predicted octanol–water partition coefficient (Wildman–Crippen LogP) is 2.62. The summed E-state index contributed by atoms with van der Waals surface area (Å²) in [7, 11) is 1.88. The molecule has 23 heavy (non-hydrogen) atoms. The van der Waals surface area contributed by atoms with E-state index in [1.165, 1.54) is 6.07 Å². The molecule has 0 atom stereocenters. The van der Waals surface area contributed by atoms with E-state index < -0.39 is 11.6 Å². The molecule has 0 aliphatic heterocycles. The summed E-state index contributed by atoms with van der Waals surface area (Å²) < 4.78 is 27.9. The first-order chi connectivity index (χ1) is 11.0. The van der Waals surface area contributed by atoms with Crippen molar-refractivity contribution in [3.05, 3.63) is 65.5 Å². The lowest BCUT2D eigenvalue weighted by Gasteiger charge is -2.04. The number of nitrogens with one attached hydrogen (secondary N) is 2. The predicted molar refractivity (Wildman–Crippen MR) is 80.5 cm³/mol. The minimum absolute atomic E-state index is 0.0918. The van der Waals surface area contributed by atoms with Crippen molar-refractivity contribution in [2.24, 2.45) is 7.05 Å². The molecule has 3 rings (SSSR count). The van der Waals surface area contributed by atoms with Crippen LogP contribution in [0.3, 0.4) is 0 Å². The first kappa shape index (κ1) is 15.0. The van der Waals surface area contributed by atoms with Crippen LogP contribution in [0.1, 0.15) is 16.1 Å². The first-order valence-electron chi connectivity index (χ1n) is 6.94. The monoisotopic (exact) mass is 316 g/mol. The normalized spacial score (nSPS) is 10.7. The highest BCUT2D eigenvalue weighted by Gasteiger charge is 2.12. The largest absolute Gasteiger partial charge is 0.349 e. The summed E-state index contributed by atoms with van der Waals surface area (Å²) in [4.78, 5) is 12.1. The van der Waals surface area contributed by atoms with Crippen molar-refractivity contribution in [2.45, 2.75) is 6.54 Å². The number of carbonyl (C=O) groups is 1. The zero-order valence-electron chi connectivity index (χ0n) is 12.3. The van der Waals surface area contributed by atoms with Crippen molar-refractivity contribution in [1.82, 2.24) is 20.1 Å². The minimum Gasteiger partial charge on any atom is -0.349 e. The lowest BCUT2D eigenvalue weighted by Crippen LogP contribution is -2.23. The Bertz CT molecular complexity index is 853. The third kappa shape index (κ3) is 3.13. The van der Waals surface area contributed by atoms with E-state index in [2.05, 4.69) is 15.5 Å². The molecule has 1 aromatic carbocycles. The van der Waals surface area contributed by atoms with Gasteiger partial charge in [-0.25, -0.2) is 8.78 Å². The van der Waals surface area contributed by atoms with Crippen LogP contribution in [0.15, 0.2) is 42.6 Å². The maximum atomic E-state index is 13.1. The second kappa shape index (κ2) is 6.04. The zero-order valence-corrected chi connectivity index (χ0v) is 12.3. The Hall–Kier alpha value is -2.96. The zero-order chi connectivity index (χ0) is 16.4. The third-order valence-corrected chi connectivity index (χ3v) is 3.47. The Balaban J connectivity index is 1.68. The molecule has 1 amide bonds. The van der Waals surface area contributed by atoms with E-state index in [0.717, 1.165) is 17.8 Å². The van der Waals surface area contributed by atoms with Crippen LogP contribution in [0.2, 0.25) is 0 Å². The van der Waals surface area contributed by atoms with Gasteiger partial charge in [0.2, 0.25) is 0 Å². The number of H-pyrrole nitrogens is 1. The van der Waals surface area contributed by atoms with Crippen molar-refractivity contribution >= 4 is 5.91 Å². The summed E-state index contributed by atoms with van der Waals surface area (Å²) in [5, 5.41) is 9.40. The van der Waals surface area contributed by atoms with E-state index >= 15 is 0 Å². The molecule has 5 nitrogen and oxygen atoms in total. The molecule has 2 aromatic heterocycles. The molecule has 118 valence electrons. The molecule has 0 spiro atoms. The Labute approximate surface area is 130 Å². The molecular weight excluding hydrogens is 302 g/mol. The minimum atomic E-state index is -0.940. The second-order valence-electron chi connectivity index (χ2n) is 5.10. The molecule has 7 heteroatoms. The van der Waals surface area contributed by atoms with Gasteiger partial charge in [0.1, 0.15) is 11.4 Å². The Morgan fingerprint density at radius 1 is 1.26 bits per heavy atom. The lowest BCUT2D eigenvalue weighted by atomic mass is 10.2. The van der Waals surface area contributed by atoms with E-state index in [1.54, 1.807) is 6.07 Å². The SMILES string of the molecule is Cn1cccc1-c1cc(C(=O)NCc2ccc(F)c(F)c2)[nH]n1. The van der Waals surface area contributed by atoms with Gasteiger partial charge in [-0.15, -0.1) is 0 Å². The fourth-order valence-electron chi connectivity index (χ4n) is 2.22. The molecule has 0 fully saturated rings. The van der Waals surface area contributed by atoms with Crippen LogP contribution < -0.4 is 5.32 Å². The molecular formula is C16H14F2N4O. The molecule has 2 heterocycles. The average molecular weight is 316 g/mol. The van der Waals surface area contributed by atoms with Gasteiger partial charge in [0.15, 0.2) is 11.6 Å². The summed E-state index contributed by atoms with van der Waals surface area (Å²) in [5.74, 6) is -2.23. The molecule has 3 aromatic rings. The molecule has 0 radical (unpaired) electrons. The fraction of sp³-hybridized carbons (Fsp3) is 0.125.